The van der Waals surface area contributed by atoms with Gasteiger partial charge in [-0.25, -0.2) is 0 Å². The lowest BCUT2D eigenvalue weighted by atomic mass is 10.0. The van der Waals surface area contributed by atoms with E-state index < -0.39 is 0 Å². The van der Waals surface area contributed by atoms with Crippen LogP contribution in [-0.4, -0.2) is 40.1 Å². The van der Waals surface area contributed by atoms with Gasteiger partial charge in [0.15, 0.2) is 0 Å². The number of ether oxygens (including phenoxy) is 4. The molecule has 1 fully saturated rings. The third-order valence-electron chi connectivity index (χ3n) is 3.04. The molecule has 1 aromatic carbocycles. The molecule has 1 heterocycles. The number of rotatable bonds is 4. The van der Waals surface area contributed by atoms with Crippen molar-refractivity contribution in [2.24, 2.45) is 5.73 Å². The maximum absolute atomic E-state index is 6.23. The smallest absolute Gasteiger partial charge is 0.124 e. The molecule has 100 valence electrons. The molecular weight excluding hydrogens is 234 g/mol. The van der Waals surface area contributed by atoms with E-state index in [1.165, 1.54) is 0 Å². The third-order valence-corrected chi connectivity index (χ3v) is 3.04. The second kappa shape index (κ2) is 6.04. The number of benzene rings is 1. The molecule has 1 aliphatic rings. The van der Waals surface area contributed by atoms with Crippen molar-refractivity contribution < 1.29 is 18.9 Å². The van der Waals surface area contributed by atoms with Gasteiger partial charge in [-0.3, -0.25) is 0 Å². The molecule has 0 spiro atoms. The summed E-state index contributed by atoms with van der Waals surface area (Å²) in [6.07, 6.45) is -0.153. The van der Waals surface area contributed by atoms with Crippen LogP contribution in [0.4, 0.5) is 0 Å². The van der Waals surface area contributed by atoms with Gasteiger partial charge in [0.05, 0.1) is 40.1 Å². The number of nitrogens with two attached hydrogens (primary N) is 1. The van der Waals surface area contributed by atoms with E-state index in [1.54, 1.807) is 14.2 Å². The van der Waals surface area contributed by atoms with Gasteiger partial charge < -0.3 is 24.7 Å². The van der Waals surface area contributed by atoms with Crippen LogP contribution in [0, 0.1) is 0 Å². The molecule has 0 aromatic heterocycles. The van der Waals surface area contributed by atoms with Crippen LogP contribution >= 0.6 is 0 Å². The van der Waals surface area contributed by atoms with Crippen LogP contribution < -0.4 is 15.2 Å². The van der Waals surface area contributed by atoms with Crippen molar-refractivity contribution in [3.63, 3.8) is 0 Å². The zero-order valence-electron chi connectivity index (χ0n) is 10.7. The molecule has 2 N–H and O–H groups in total. The van der Waals surface area contributed by atoms with Gasteiger partial charge in [0.2, 0.25) is 0 Å². The summed E-state index contributed by atoms with van der Waals surface area (Å²) in [6.45, 7) is 1.70. The summed E-state index contributed by atoms with van der Waals surface area (Å²) in [5, 5.41) is 0. The van der Waals surface area contributed by atoms with E-state index in [2.05, 4.69) is 0 Å². The van der Waals surface area contributed by atoms with Gasteiger partial charge in [0.1, 0.15) is 17.6 Å². The molecule has 1 aromatic rings. The van der Waals surface area contributed by atoms with Crippen molar-refractivity contribution in [3.05, 3.63) is 23.8 Å². The fourth-order valence-electron chi connectivity index (χ4n) is 2.01. The van der Waals surface area contributed by atoms with E-state index >= 15 is 0 Å². The summed E-state index contributed by atoms with van der Waals surface area (Å²) in [5.74, 6) is 1.48. The minimum absolute atomic E-state index is 0.153. The predicted molar refractivity (Wildman–Crippen MR) is 67.0 cm³/mol. The van der Waals surface area contributed by atoms with Gasteiger partial charge in [-0.05, 0) is 18.2 Å². The van der Waals surface area contributed by atoms with Crippen LogP contribution in [0.2, 0.25) is 0 Å². The zero-order chi connectivity index (χ0) is 13.0. The number of hydrogen-bond acceptors (Lipinski definition) is 5. The standard InChI is InChI=1S/C13H19NO4/c1-15-9-3-4-11(16-2)10(7-9)13(14)12-8-17-5-6-18-12/h3-4,7,12-13H,5-6,8,14H2,1-2H3. The maximum atomic E-state index is 6.23. The topological polar surface area (TPSA) is 62.9 Å². The predicted octanol–water partition coefficient (Wildman–Crippen LogP) is 1.12. The number of methoxy groups -OCH3 is 2. The molecule has 2 atom stereocenters. The van der Waals surface area contributed by atoms with E-state index in [0.29, 0.717) is 19.8 Å². The van der Waals surface area contributed by atoms with Gasteiger partial charge in [-0.2, -0.15) is 0 Å². The molecule has 18 heavy (non-hydrogen) atoms. The molecule has 0 amide bonds. The Kier molecular flexibility index (Phi) is 4.41. The van der Waals surface area contributed by atoms with E-state index in [4.69, 9.17) is 24.7 Å². The first-order valence-corrected chi connectivity index (χ1v) is 5.93. The normalized spacial score (nSPS) is 21.4. The SMILES string of the molecule is COc1ccc(OC)c(C(N)C2COCCO2)c1. The average molecular weight is 253 g/mol. The summed E-state index contributed by atoms with van der Waals surface area (Å²) in [7, 11) is 3.24. The number of hydrogen-bond donors (Lipinski definition) is 1. The van der Waals surface area contributed by atoms with Crippen molar-refractivity contribution in [3.8, 4) is 11.5 Å². The molecular formula is C13H19NO4. The van der Waals surface area contributed by atoms with Gasteiger partial charge in [0.25, 0.3) is 0 Å². The highest BCUT2D eigenvalue weighted by atomic mass is 16.6. The highest BCUT2D eigenvalue weighted by Gasteiger charge is 2.26. The fraction of sp³-hybridized carbons (Fsp3) is 0.538. The Balaban J connectivity index is 2.23. The first-order valence-electron chi connectivity index (χ1n) is 5.93. The monoisotopic (exact) mass is 253 g/mol. The van der Waals surface area contributed by atoms with Crippen molar-refractivity contribution in [1.29, 1.82) is 0 Å². The summed E-state index contributed by atoms with van der Waals surface area (Å²) in [6, 6.07) is 5.27. The fourth-order valence-corrected chi connectivity index (χ4v) is 2.01. The Morgan fingerprint density at radius 3 is 2.72 bits per heavy atom. The molecule has 2 unspecified atom stereocenters. The Bertz CT molecular complexity index is 391. The minimum atomic E-state index is -0.296. The molecule has 5 nitrogen and oxygen atoms in total. The first kappa shape index (κ1) is 13.1. The van der Waals surface area contributed by atoms with Gasteiger partial charge in [-0.15, -0.1) is 0 Å². The van der Waals surface area contributed by atoms with Crippen LogP contribution in [0.25, 0.3) is 0 Å². The molecule has 1 saturated heterocycles. The highest BCUT2D eigenvalue weighted by Crippen LogP contribution is 2.31. The van der Waals surface area contributed by atoms with Gasteiger partial charge in [-0.1, -0.05) is 0 Å². The van der Waals surface area contributed by atoms with E-state index in [-0.39, 0.29) is 12.1 Å². The van der Waals surface area contributed by atoms with Crippen LogP contribution in [0.3, 0.4) is 0 Å². The maximum Gasteiger partial charge on any atom is 0.124 e. The van der Waals surface area contributed by atoms with Crippen molar-refractivity contribution in [2.75, 3.05) is 34.0 Å². The Morgan fingerprint density at radius 1 is 1.28 bits per heavy atom. The molecule has 0 bridgehead atoms. The van der Waals surface area contributed by atoms with Crippen LogP contribution in [0.5, 0.6) is 11.5 Å². The highest BCUT2D eigenvalue weighted by molar-refractivity contribution is 5.42. The van der Waals surface area contributed by atoms with E-state index in [0.717, 1.165) is 17.1 Å². The second-order valence-corrected chi connectivity index (χ2v) is 4.12. The second-order valence-electron chi connectivity index (χ2n) is 4.12. The molecule has 5 heteroatoms. The molecule has 0 radical (unpaired) electrons. The summed E-state index contributed by atoms with van der Waals surface area (Å²) >= 11 is 0. The third kappa shape index (κ3) is 2.75. The quantitative estimate of drug-likeness (QED) is 0.871. The minimum Gasteiger partial charge on any atom is -0.497 e. The summed E-state index contributed by atoms with van der Waals surface area (Å²) < 4.78 is 21.5. The zero-order valence-corrected chi connectivity index (χ0v) is 10.7. The lowest BCUT2D eigenvalue weighted by Gasteiger charge is -2.29. The Hall–Kier alpha value is -1.30. The summed E-state index contributed by atoms with van der Waals surface area (Å²) in [5.41, 5.74) is 7.10. The Morgan fingerprint density at radius 2 is 2.11 bits per heavy atom. The van der Waals surface area contributed by atoms with Crippen molar-refractivity contribution in [2.45, 2.75) is 12.1 Å². The lowest BCUT2D eigenvalue weighted by Crippen LogP contribution is -2.37. The van der Waals surface area contributed by atoms with Crippen molar-refractivity contribution in [1.82, 2.24) is 0 Å². The largest absolute Gasteiger partial charge is 0.497 e. The van der Waals surface area contributed by atoms with E-state index in [1.807, 2.05) is 18.2 Å². The molecule has 0 saturated carbocycles. The van der Waals surface area contributed by atoms with Crippen LogP contribution in [-0.2, 0) is 9.47 Å². The Labute approximate surface area is 107 Å². The first-order chi connectivity index (χ1) is 8.76. The van der Waals surface area contributed by atoms with Gasteiger partial charge in [0, 0.05) is 5.56 Å². The van der Waals surface area contributed by atoms with E-state index in [9.17, 15) is 0 Å². The average Bonchev–Trinajstić information content (AvgIpc) is 2.46. The van der Waals surface area contributed by atoms with Gasteiger partial charge >= 0.3 is 0 Å². The lowest BCUT2D eigenvalue weighted by molar-refractivity contribution is -0.0977. The van der Waals surface area contributed by atoms with Crippen molar-refractivity contribution >= 4 is 0 Å². The summed E-state index contributed by atoms with van der Waals surface area (Å²) in [4.78, 5) is 0. The molecule has 1 aliphatic heterocycles. The van der Waals surface area contributed by atoms with Crippen LogP contribution in [0.1, 0.15) is 11.6 Å². The van der Waals surface area contributed by atoms with Crippen LogP contribution in [0.15, 0.2) is 18.2 Å². The molecule has 2 rings (SSSR count). The molecule has 0 aliphatic carbocycles.